The minimum Gasteiger partial charge on any atom is -0.460 e. The van der Waals surface area contributed by atoms with Gasteiger partial charge in [-0.05, 0) is 32.6 Å². The van der Waals surface area contributed by atoms with Crippen molar-refractivity contribution in [1.29, 1.82) is 0 Å². The maximum absolute atomic E-state index is 12.1. The van der Waals surface area contributed by atoms with E-state index in [0.29, 0.717) is 25.7 Å². The first-order valence-corrected chi connectivity index (χ1v) is 14.2. The second-order valence-electron chi connectivity index (χ2n) is 10.7. The van der Waals surface area contributed by atoms with E-state index in [1.807, 2.05) is 18.2 Å². The van der Waals surface area contributed by atoms with Crippen molar-refractivity contribution < 1.29 is 54.4 Å². The standard InChI is InChI=1S/C30H44O11/c1-20-10-7-8-13-23-22(32)15-17-30(37,41-23)16-9-3-5-12-21(11-4-2-6-14-25(33)39-20)19-38-29-28(36)27(35)26(34)24(18-31)40-29/h2-6,8-9,12-14,20-24,26-29,31-32,34-37H,7,10-11,15-19H2,1H3/b4-2-,9-3-,12-5-,13-8-,14-6-/t20-,21-,22+,23+,24-,26-,27+,28-,29-,30-/m1/s1. The van der Waals surface area contributed by atoms with Gasteiger partial charge in [0.2, 0.25) is 0 Å². The van der Waals surface area contributed by atoms with Crippen LogP contribution in [-0.4, -0.2) is 105 Å². The molecule has 3 aliphatic heterocycles. The molecule has 41 heavy (non-hydrogen) atoms. The molecule has 0 spiro atoms. The van der Waals surface area contributed by atoms with Crippen molar-refractivity contribution in [2.75, 3.05) is 13.2 Å². The first-order valence-electron chi connectivity index (χ1n) is 14.2. The smallest absolute Gasteiger partial charge is 0.331 e. The molecule has 3 rings (SSSR count). The highest BCUT2D eigenvalue weighted by Gasteiger charge is 2.44. The first-order chi connectivity index (χ1) is 19.6. The normalized spacial score (nSPS) is 43.6. The molecule has 0 aromatic heterocycles. The van der Waals surface area contributed by atoms with Crippen molar-refractivity contribution in [3.8, 4) is 0 Å². The van der Waals surface area contributed by atoms with Gasteiger partial charge < -0.3 is 49.6 Å². The molecule has 6 N–H and O–H groups in total. The van der Waals surface area contributed by atoms with Crippen LogP contribution in [0.5, 0.6) is 0 Å². The number of ether oxygens (including phenoxy) is 4. The van der Waals surface area contributed by atoms with Crippen molar-refractivity contribution in [1.82, 2.24) is 0 Å². The number of cyclic esters (lactones) is 1. The van der Waals surface area contributed by atoms with Crippen LogP contribution < -0.4 is 0 Å². The van der Waals surface area contributed by atoms with Gasteiger partial charge in [-0.15, -0.1) is 0 Å². The maximum atomic E-state index is 12.1. The molecular weight excluding hydrogens is 536 g/mol. The molecule has 0 radical (unpaired) electrons. The summed E-state index contributed by atoms with van der Waals surface area (Å²) in [5.41, 5.74) is 0. The van der Waals surface area contributed by atoms with Gasteiger partial charge in [0.1, 0.15) is 30.5 Å². The van der Waals surface area contributed by atoms with E-state index in [1.165, 1.54) is 6.08 Å². The fourth-order valence-electron chi connectivity index (χ4n) is 4.75. The van der Waals surface area contributed by atoms with Gasteiger partial charge in [0, 0.05) is 24.8 Å². The Bertz CT molecular complexity index is 958. The van der Waals surface area contributed by atoms with Crippen molar-refractivity contribution in [3.05, 3.63) is 60.8 Å². The molecule has 0 unspecified atom stereocenters. The molecular formula is C30H44O11. The van der Waals surface area contributed by atoms with Crippen LogP contribution in [0.1, 0.15) is 45.4 Å². The molecule has 11 nitrogen and oxygen atoms in total. The van der Waals surface area contributed by atoms with Gasteiger partial charge in [-0.3, -0.25) is 0 Å². The molecule has 3 heterocycles. The van der Waals surface area contributed by atoms with Crippen LogP contribution >= 0.6 is 0 Å². The van der Waals surface area contributed by atoms with E-state index in [0.717, 1.165) is 0 Å². The number of aliphatic hydroxyl groups excluding tert-OH is 5. The molecule has 10 atom stereocenters. The fourth-order valence-corrected chi connectivity index (χ4v) is 4.75. The van der Waals surface area contributed by atoms with E-state index in [-0.39, 0.29) is 31.5 Å². The van der Waals surface area contributed by atoms with Crippen LogP contribution in [0.2, 0.25) is 0 Å². The summed E-state index contributed by atoms with van der Waals surface area (Å²) in [5, 5.41) is 61.0. The van der Waals surface area contributed by atoms with Crippen LogP contribution in [0.3, 0.4) is 0 Å². The Balaban J connectivity index is 1.71. The Morgan fingerprint density at radius 2 is 1.76 bits per heavy atom. The second-order valence-corrected chi connectivity index (χ2v) is 10.7. The quantitative estimate of drug-likeness (QED) is 0.206. The van der Waals surface area contributed by atoms with Crippen LogP contribution in [0.4, 0.5) is 0 Å². The fraction of sp³-hybridized carbons (Fsp3) is 0.633. The number of carbonyl (C=O) groups excluding carboxylic acids is 1. The minimum atomic E-state index is -1.54. The molecule has 2 saturated heterocycles. The van der Waals surface area contributed by atoms with E-state index in [1.54, 1.807) is 43.4 Å². The Kier molecular flexibility index (Phi) is 13.4. The predicted molar refractivity (Wildman–Crippen MR) is 148 cm³/mol. The Morgan fingerprint density at radius 3 is 2.54 bits per heavy atom. The topological polar surface area (TPSA) is 175 Å². The van der Waals surface area contributed by atoms with Gasteiger partial charge in [0.25, 0.3) is 0 Å². The Hall–Kier alpha value is -2.19. The summed E-state index contributed by atoms with van der Waals surface area (Å²) in [6, 6.07) is 0. The van der Waals surface area contributed by atoms with E-state index in [2.05, 4.69) is 0 Å². The highest BCUT2D eigenvalue weighted by Crippen LogP contribution is 2.31. The average Bonchev–Trinajstić information content (AvgIpc) is 2.94. The number of esters is 1. The summed E-state index contributed by atoms with van der Waals surface area (Å²) in [7, 11) is 0. The lowest BCUT2D eigenvalue weighted by Crippen LogP contribution is -2.59. The largest absolute Gasteiger partial charge is 0.460 e. The zero-order valence-corrected chi connectivity index (χ0v) is 23.4. The van der Waals surface area contributed by atoms with E-state index < -0.39 is 61.3 Å². The number of hydrogen-bond acceptors (Lipinski definition) is 11. The van der Waals surface area contributed by atoms with Crippen LogP contribution in [-0.2, 0) is 23.7 Å². The molecule has 0 aliphatic carbocycles. The number of aliphatic hydroxyl groups is 6. The number of rotatable bonds is 4. The Labute approximate surface area is 240 Å². The zero-order valence-electron chi connectivity index (χ0n) is 23.4. The highest BCUT2D eigenvalue weighted by molar-refractivity contribution is 5.82. The van der Waals surface area contributed by atoms with E-state index in [9.17, 15) is 35.4 Å². The summed E-state index contributed by atoms with van der Waals surface area (Å²) in [5.74, 6) is -2.11. The average molecular weight is 581 g/mol. The molecule has 2 bridgehead atoms. The summed E-state index contributed by atoms with van der Waals surface area (Å²) in [6.45, 7) is 1.31. The zero-order chi connectivity index (χ0) is 29.8. The number of hydrogen-bond donors (Lipinski definition) is 6. The molecule has 3 aliphatic rings. The molecule has 0 amide bonds. The lowest BCUT2D eigenvalue weighted by atomic mass is 9.95. The molecule has 230 valence electrons. The highest BCUT2D eigenvalue weighted by atomic mass is 16.7. The maximum Gasteiger partial charge on any atom is 0.331 e. The summed E-state index contributed by atoms with van der Waals surface area (Å²) < 4.78 is 22.4. The molecule has 0 aromatic rings. The van der Waals surface area contributed by atoms with Gasteiger partial charge >= 0.3 is 5.97 Å². The second kappa shape index (κ2) is 16.4. The Morgan fingerprint density at radius 1 is 0.976 bits per heavy atom. The lowest BCUT2D eigenvalue weighted by molar-refractivity contribution is -0.302. The summed E-state index contributed by atoms with van der Waals surface area (Å²) in [6.07, 6.45) is 11.3. The van der Waals surface area contributed by atoms with Crippen molar-refractivity contribution in [2.45, 2.75) is 100 Å². The van der Waals surface area contributed by atoms with Crippen molar-refractivity contribution in [2.24, 2.45) is 5.92 Å². The molecule has 0 aromatic carbocycles. The van der Waals surface area contributed by atoms with Crippen LogP contribution in [0, 0.1) is 5.92 Å². The minimum absolute atomic E-state index is 0.0690. The predicted octanol–water partition coefficient (Wildman–Crippen LogP) is 0.934. The van der Waals surface area contributed by atoms with Crippen molar-refractivity contribution >= 4 is 5.97 Å². The van der Waals surface area contributed by atoms with Gasteiger partial charge in [0.05, 0.1) is 25.4 Å². The number of allylic oxidation sites excluding steroid dienone is 6. The number of fused-ring (bicyclic) bond motifs is 2. The van der Waals surface area contributed by atoms with E-state index in [4.69, 9.17) is 18.9 Å². The third kappa shape index (κ3) is 10.5. The van der Waals surface area contributed by atoms with Gasteiger partial charge in [-0.25, -0.2) is 4.79 Å². The number of carbonyl (C=O) groups is 1. The van der Waals surface area contributed by atoms with Gasteiger partial charge in [0.15, 0.2) is 12.1 Å². The molecule has 2 fully saturated rings. The third-order valence-corrected chi connectivity index (χ3v) is 7.26. The lowest BCUT2D eigenvalue weighted by Gasteiger charge is -2.39. The monoisotopic (exact) mass is 580 g/mol. The van der Waals surface area contributed by atoms with Crippen LogP contribution in [0.15, 0.2) is 60.8 Å². The molecule has 0 saturated carbocycles. The summed E-state index contributed by atoms with van der Waals surface area (Å²) in [4.78, 5) is 12.1. The van der Waals surface area contributed by atoms with E-state index >= 15 is 0 Å². The van der Waals surface area contributed by atoms with Gasteiger partial charge in [-0.1, -0.05) is 54.7 Å². The SMILES string of the molecule is C[C@@H]1CC/C=C\[C@@H]2O[C@](O)(C/C=C\C=C/[C@H](CO[C@@H]3O[C@H](CO)[C@@H](O)[C@H](O)[C@H]3O)C/C=C\C=C/C(=O)O1)CC[C@@H]2O. The third-order valence-electron chi connectivity index (χ3n) is 7.26. The first kappa shape index (κ1) is 33.3. The van der Waals surface area contributed by atoms with Crippen LogP contribution in [0.25, 0.3) is 0 Å². The van der Waals surface area contributed by atoms with Gasteiger partial charge in [-0.2, -0.15) is 0 Å². The van der Waals surface area contributed by atoms with Crippen molar-refractivity contribution in [3.63, 3.8) is 0 Å². The summed E-state index contributed by atoms with van der Waals surface area (Å²) >= 11 is 0. The molecule has 11 heteroatoms.